The van der Waals surface area contributed by atoms with Gasteiger partial charge in [-0.3, -0.25) is 0 Å². The van der Waals surface area contributed by atoms with Crippen molar-refractivity contribution in [2.24, 2.45) is 0 Å². The highest BCUT2D eigenvalue weighted by molar-refractivity contribution is 9.10. The molecule has 1 aromatic heterocycles. The van der Waals surface area contributed by atoms with Crippen molar-refractivity contribution in [1.29, 1.82) is 0 Å². The molecular formula is C14H12BrNO4. The number of aromatic nitrogens is 1. The number of carbonyl (C=O) groups is 1. The summed E-state index contributed by atoms with van der Waals surface area (Å²) in [6.45, 7) is 1.20. The van der Waals surface area contributed by atoms with Crippen molar-refractivity contribution in [2.45, 2.75) is 12.5 Å². The third-order valence-corrected chi connectivity index (χ3v) is 3.63. The van der Waals surface area contributed by atoms with Gasteiger partial charge >= 0.3 is 5.97 Å². The Hall–Kier alpha value is -1.66. The van der Waals surface area contributed by atoms with Gasteiger partial charge in [0.25, 0.3) is 0 Å². The molecule has 1 aliphatic heterocycles. The van der Waals surface area contributed by atoms with E-state index < -0.39 is 5.97 Å². The fraction of sp³-hybridized carbons (Fsp3) is 0.286. The maximum atomic E-state index is 11.1. The first-order valence-corrected chi connectivity index (χ1v) is 7.01. The van der Waals surface area contributed by atoms with Gasteiger partial charge < -0.3 is 14.6 Å². The standard InChI is InChI=1S/C14H12BrNO4/c15-8-1-2-11-10(5-8)13(6-12(16-11)14(17)18)20-9-3-4-19-7-9/h1-2,5-6,9H,3-4,7H2,(H,17,18)/t9-/m0/s1. The number of ether oxygens (including phenoxy) is 2. The minimum absolute atomic E-state index is 0.0197. The first-order chi connectivity index (χ1) is 9.63. The van der Waals surface area contributed by atoms with E-state index in [0.717, 1.165) is 16.3 Å². The Balaban J connectivity index is 2.09. The van der Waals surface area contributed by atoms with Gasteiger partial charge in [-0.25, -0.2) is 9.78 Å². The number of hydrogen-bond donors (Lipinski definition) is 1. The molecular weight excluding hydrogens is 326 g/mol. The highest BCUT2D eigenvalue weighted by atomic mass is 79.9. The van der Waals surface area contributed by atoms with Gasteiger partial charge in [0.2, 0.25) is 0 Å². The molecule has 1 aromatic carbocycles. The van der Waals surface area contributed by atoms with E-state index in [9.17, 15) is 4.79 Å². The molecule has 0 aliphatic carbocycles. The number of carboxylic acids is 1. The third-order valence-electron chi connectivity index (χ3n) is 3.13. The van der Waals surface area contributed by atoms with E-state index in [1.54, 1.807) is 6.07 Å². The molecule has 0 amide bonds. The lowest BCUT2D eigenvalue weighted by Gasteiger charge is -2.14. The van der Waals surface area contributed by atoms with Crippen LogP contribution in [0.15, 0.2) is 28.7 Å². The minimum Gasteiger partial charge on any atom is -0.487 e. The molecule has 0 bridgehead atoms. The van der Waals surface area contributed by atoms with Gasteiger partial charge in [0.15, 0.2) is 5.69 Å². The molecule has 1 fully saturated rings. The Morgan fingerprint density at radius 2 is 2.30 bits per heavy atom. The van der Waals surface area contributed by atoms with Crippen LogP contribution in [0.25, 0.3) is 10.9 Å². The average Bonchev–Trinajstić information content (AvgIpc) is 2.92. The lowest BCUT2D eigenvalue weighted by molar-refractivity contribution is 0.0690. The summed E-state index contributed by atoms with van der Waals surface area (Å²) in [5.41, 5.74) is 0.579. The van der Waals surface area contributed by atoms with Gasteiger partial charge in [0.1, 0.15) is 11.9 Å². The van der Waals surface area contributed by atoms with Gasteiger partial charge in [-0.15, -0.1) is 0 Å². The molecule has 1 saturated heterocycles. The zero-order valence-electron chi connectivity index (χ0n) is 10.5. The Kier molecular flexibility index (Phi) is 3.58. The molecule has 0 radical (unpaired) electrons. The van der Waals surface area contributed by atoms with Crippen LogP contribution in [-0.4, -0.2) is 35.4 Å². The van der Waals surface area contributed by atoms with Gasteiger partial charge in [0.05, 0.1) is 18.7 Å². The fourth-order valence-corrected chi connectivity index (χ4v) is 2.52. The number of hydrogen-bond acceptors (Lipinski definition) is 4. The minimum atomic E-state index is -1.07. The summed E-state index contributed by atoms with van der Waals surface area (Å²) in [6.07, 6.45) is 0.765. The quantitative estimate of drug-likeness (QED) is 0.932. The number of pyridine rings is 1. The normalized spacial score (nSPS) is 18.4. The molecule has 1 aliphatic rings. The predicted molar refractivity (Wildman–Crippen MR) is 76.3 cm³/mol. The van der Waals surface area contributed by atoms with Crippen molar-refractivity contribution >= 4 is 32.8 Å². The number of fused-ring (bicyclic) bond motifs is 1. The van der Waals surface area contributed by atoms with Crippen molar-refractivity contribution in [3.8, 4) is 5.75 Å². The Morgan fingerprint density at radius 1 is 1.45 bits per heavy atom. The van der Waals surface area contributed by atoms with E-state index in [4.69, 9.17) is 14.6 Å². The zero-order valence-corrected chi connectivity index (χ0v) is 12.1. The van der Waals surface area contributed by atoms with E-state index in [0.29, 0.717) is 24.5 Å². The molecule has 2 aromatic rings. The van der Waals surface area contributed by atoms with Gasteiger partial charge in [-0.1, -0.05) is 15.9 Å². The number of nitrogens with zero attached hydrogens (tertiary/aromatic N) is 1. The molecule has 0 unspecified atom stereocenters. The Bertz CT molecular complexity index is 668. The summed E-state index contributed by atoms with van der Waals surface area (Å²) in [6, 6.07) is 6.93. The lowest BCUT2D eigenvalue weighted by Crippen LogP contribution is -2.16. The number of rotatable bonds is 3. The second kappa shape index (κ2) is 5.38. The smallest absolute Gasteiger partial charge is 0.354 e. The molecule has 6 heteroatoms. The number of aromatic carboxylic acids is 1. The summed E-state index contributed by atoms with van der Waals surface area (Å²) in [5.74, 6) is -0.536. The van der Waals surface area contributed by atoms with Crippen molar-refractivity contribution in [2.75, 3.05) is 13.2 Å². The SMILES string of the molecule is O=C(O)c1cc(O[C@H]2CCOC2)c2cc(Br)ccc2n1. The van der Waals surface area contributed by atoms with Gasteiger partial charge in [-0.05, 0) is 18.2 Å². The largest absolute Gasteiger partial charge is 0.487 e. The van der Waals surface area contributed by atoms with E-state index in [-0.39, 0.29) is 11.8 Å². The summed E-state index contributed by atoms with van der Waals surface area (Å²) >= 11 is 3.40. The van der Waals surface area contributed by atoms with E-state index in [1.165, 1.54) is 6.07 Å². The van der Waals surface area contributed by atoms with Crippen LogP contribution in [-0.2, 0) is 4.74 Å². The highest BCUT2D eigenvalue weighted by Crippen LogP contribution is 2.30. The molecule has 0 saturated carbocycles. The predicted octanol–water partition coefficient (Wildman–Crippen LogP) is 2.86. The van der Waals surface area contributed by atoms with Crippen LogP contribution in [0.5, 0.6) is 5.75 Å². The number of halogens is 1. The Labute approximate surface area is 123 Å². The molecule has 1 atom stereocenters. The molecule has 104 valence electrons. The summed E-state index contributed by atoms with van der Waals surface area (Å²) in [7, 11) is 0. The monoisotopic (exact) mass is 337 g/mol. The van der Waals surface area contributed by atoms with E-state index in [1.807, 2.05) is 12.1 Å². The van der Waals surface area contributed by atoms with Crippen molar-refractivity contribution < 1.29 is 19.4 Å². The molecule has 20 heavy (non-hydrogen) atoms. The maximum absolute atomic E-state index is 11.1. The molecule has 5 nitrogen and oxygen atoms in total. The van der Waals surface area contributed by atoms with Crippen LogP contribution < -0.4 is 4.74 Å². The first-order valence-electron chi connectivity index (χ1n) is 6.21. The van der Waals surface area contributed by atoms with Gasteiger partial charge in [0, 0.05) is 22.3 Å². The Morgan fingerprint density at radius 3 is 3.00 bits per heavy atom. The van der Waals surface area contributed by atoms with E-state index >= 15 is 0 Å². The molecule has 2 heterocycles. The lowest BCUT2D eigenvalue weighted by atomic mass is 10.1. The van der Waals surface area contributed by atoms with Gasteiger partial charge in [-0.2, -0.15) is 0 Å². The fourth-order valence-electron chi connectivity index (χ4n) is 2.16. The highest BCUT2D eigenvalue weighted by Gasteiger charge is 2.20. The second-order valence-corrected chi connectivity index (χ2v) is 5.49. The second-order valence-electron chi connectivity index (χ2n) is 4.58. The number of benzene rings is 1. The molecule has 0 spiro atoms. The summed E-state index contributed by atoms with van der Waals surface area (Å²) in [5, 5.41) is 9.92. The number of carboxylic acid groups (broad SMARTS) is 1. The molecule has 3 rings (SSSR count). The van der Waals surface area contributed by atoms with Crippen LogP contribution in [0, 0.1) is 0 Å². The molecule has 1 N–H and O–H groups in total. The van der Waals surface area contributed by atoms with Crippen LogP contribution in [0.2, 0.25) is 0 Å². The first kappa shape index (κ1) is 13.3. The van der Waals surface area contributed by atoms with Crippen LogP contribution in [0.4, 0.5) is 0 Å². The topological polar surface area (TPSA) is 68.7 Å². The van der Waals surface area contributed by atoms with Crippen LogP contribution in [0.1, 0.15) is 16.9 Å². The van der Waals surface area contributed by atoms with Crippen molar-refractivity contribution in [3.63, 3.8) is 0 Å². The van der Waals surface area contributed by atoms with Crippen molar-refractivity contribution in [1.82, 2.24) is 4.98 Å². The van der Waals surface area contributed by atoms with Crippen LogP contribution in [0.3, 0.4) is 0 Å². The maximum Gasteiger partial charge on any atom is 0.354 e. The third kappa shape index (κ3) is 2.62. The van der Waals surface area contributed by atoms with Crippen molar-refractivity contribution in [3.05, 3.63) is 34.4 Å². The average molecular weight is 338 g/mol. The summed E-state index contributed by atoms with van der Waals surface area (Å²) in [4.78, 5) is 15.3. The van der Waals surface area contributed by atoms with E-state index in [2.05, 4.69) is 20.9 Å². The zero-order chi connectivity index (χ0) is 14.1. The summed E-state index contributed by atoms with van der Waals surface area (Å²) < 4.78 is 12.1. The van der Waals surface area contributed by atoms with Crippen LogP contribution >= 0.6 is 15.9 Å².